The highest BCUT2D eigenvalue weighted by atomic mass is 15.1. The fourth-order valence-corrected chi connectivity index (χ4v) is 4.37. The highest BCUT2D eigenvalue weighted by Crippen LogP contribution is 2.20. The molecule has 0 amide bonds. The summed E-state index contributed by atoms with van der Waals surface area (Å²) in [5.74, 6) is 0.682. The van der Waals surface area contributed by atoms with Crippen LogP contribution in [0.1, 0.15) is 143 Å². The van der Waals surface area contributed by atoms with Crippen molar-refractivity contribution < 1.29 is 0 Å². The van der Waals surface area contributed by atoms with Gasteiger partial charge in [0.05, 0.1) is 0 Å². The van der Waals surface area contributed by atoms with Gasteiger partial charge in [-0.2, -0.15) is 0 Å². The molecule has 0 N–H and O–H groups in total. The van der Waals surface area contributed by atoms with Crippen molar-refractivity contribution in [1.82, 2.24) is 4.90 Å². The second-order valence-corrected chi connectivity index (χ2v) is 9.22. The van der Waals surface area contributed by atoms with E-state index in [9.17, 15) is 0 Å². The third-order valence-electron chi connectivity index (χ3n) is 6.45. The molecule has 0 fully saturated rings. The Bertz CT molecular complexity index is 280. The second-order valence-electron chi connectivity index (χ2n) is 9.22. The Kier molecular flexibility index (Phi) is 21.6. The van der Waals surface area contributed by atoms with Gasteiger partial charge in [0.2, 0.25) is 0 Å². The van der Waals surface area contributed by atoms with Gasteiger partial charge in [-0.05, 0) is 44.7 Å². The van der Waals surface area contributed by atoms with Crippen LogP contribution in [0, 0.1) is 12.8 Å². The van der Waals surface area contributed by atoms with Crippen LogP contribution < -0.4 is 0 Å². The lowest BCUT2D eigenvalue weighted by Gasteiger charge is -2.31. The van der Waals surface area contributed by atoms with Crippen LogP contribution in [0.3, 0.4) is 0 Å². The molecule has 0 aliphatic carbocycles. The van der Waals surface area contributed by atoms with E-state index in [1.165, 1.54) is 129 Å². The van der Waals surface area contributed by atoms with Gasteiger partial charge in [0, 0.05) is 6.04 Å². The Labute approximate surface area is 180 Å². The van der Waals surface area contributed by atoms with Crippen molar-refractivity contribution in [2.75, 3.05) is 13.1 Å². The molecule has 0 aromatic heterocycles. The molecule has 0 heterocycles. The maximum Gasteiger partial charge on any atom is 0.00926 e. The molecule has 169 valence electrons. The van der Waals surface area contributed by atoms with Crippen LogP contribution in [0.5, 0.6) is 0 Å². The van der Waals surface area contributed by atoms with Crippen molar-refractivity contribution in [1.29, 1.82) is 0 Å². The largest absolute Gasteiger partial charge is 0.300 e. The van der Waals surface area contributed by atoms with Crippen molar-refractivity contribution in [3.05, 3.63) is 6.92 Å². The summed E-state index contributed by atoms with van der Waals surface area (Å²) >= 11 is 0. The lowest BCUT2D eigenvalue weighted by molar-refractivity contribution is 0.171. The van der Waals surface area contributed by atoms with Gasteiger partial charge < -0.3 is 4.90 Å². The fourth-order valence-electron chi connectivity index (χ4n) is 4.37. The summed E-state index contributed by atoms with van der Waals surface area (Å²) in [4.78, 5) is 2.80. The van der Waals surface area contributed by atoms with Crippen LogP contribution in [-0.2, 0) is 0 Å². The lowest BCUT2D eigenvalue weighted by Crippen LogP contribution is -2.36. The molecule has 0 aromatic carbocycles. The number of hydrogen-bond donors (Lipinski definition) is 0. The Balaban J connectivity index is 3.80. The van der Waals surface area contributed by atoms with Crippen molar-refractivity contribution in [2.45, 2.75) is 149 Å². The first-order chi connectivity index (χ1) is 13.7. The van der Waals surface area contributed by atoms with E-state index in [0.717, 1.165) is 6.04 Å². The van der Waals surface area contributed by atoms with E-state index in [2.05, 4.69) is 39.5 Å². The van der Waals surface area contributed by atoms with Gasteiger partial charge >= 0.3 is 0 Å². The van der Waals surface area contributed by atoms with E-state index in [-0.39, 0.29) is 0 Å². The Hall–Kier alpha value is -0.0400. The van der Waals surface area contributed by atoms with Crippen LogP contribution in [0.25, 0.3) is 0 Å². The molecular formula is C27H56N. The highest BCUT2D eigenvalue weighted by Gasteiger charge is 2.16. The number of nitrogens with zero attached hydrogens (tertiary/aromatic N) is 1. The monoisotopic (exact) mass is 394 g/mol. The SMILES string of the molecule is [CH2]C(CCCCCCCCCCC)CCCC(CC)N(CCCC)CCCC. The topological polar surface area (TPSA) is 3.24 Å². The normalized spacial score (nSPS) is 13.9. The van der Waals surface area contributed by atoms with Crippen molar-refractivity contribution in [3.8, 4) is 0 Å². The molecule has 0 saturated carbocycles. The molecule has 2 unspecified atom stereocenters. The summed E-state index contributed by atoms with van der Waals surface area (Å²) in [5.41, 5.74) is 0. The quantitative estimate of drug-likeness (QED) is 0.165. The standard InChI is InChI=1S/C27H56N/c1-6-10-13-14-15-16-17-18-19-21-26(5)22-20-23-27(9-4)28(24-11-7-2)25-12-8-3/h26-27H,5-25H2,1-4H3. The number of hydrogen-bond acceptors (Lipinski definition) is 1. The molecule has 0 saturated heterocycles. The van der Waals surface area contributed by atoms with Crippen LogP contribution >= 0.6 is 0 Å². The first-order valence-corrected chi connectivity index (χ1v) is 13.3. The smallest absolute Gasteiger partial charge is 0.00926 e. The Morgan fingerprint density at radius 2 is 1.00 bits per heavy atom. The van der Waals surface area contributed by atoms with Crippen molar-refractivity contribution >= 4 is 0 Å². The third kappa shape index (κ3) is 16.9. The van der Waals surface area contributed by atoms with Gasteiger partial charge in [0.15, 0.2) is 0 Å². The van der Waals surface area contributed by atoms with E-state index in [1.807, 2.05) is 0 Å². The van der Waals surface area contributed by atoms with E-state index in [0.29, 0.717) is 5.92 Å². The predicted molar refractivity (Wildman–Crippen MR) is 130 cm³/mol. The highest BCUT2D eigenvalue weighted by molar-refractivity contribution is 4.72. The van der Waals surface area contributed by atoms with Gasteiger partial charge in [-0.25, -0.2) is 0 Å². The van der Waals surface area contributed by atoms with Crippen LogP contribution in [-0.4, -0.2) is 24.0 Å². The molecule has 0 rings (SSSR count). The van der Waals surface area contributed by atoms with Crippen molar-refractivity contribution in [2.24, 2.45) is 5.92 Å². The van der Waals surface area contributed by atoms with Crippen LogP contribution in [0.4, 0.5) is 0 Å². The number of rotatable bonds is 22. The van der Waals surface area contributed by atoms with Crippen LogP contribution in [0.15, 0.2) is 0 Å². The molecular weight excluding hydrogens is 338 g/mol. The molecule has 0 bridgehead atoms. The number of unbranched alkanes of at least 4 members (excludes halogenated alkanes) is 10. The Morgan fingerprint density at radius 1 is 0.536 bits per heavy atom. The zero-order valence-corrected chi connectivity index (χ0v) is 20.5. The summed E-state index contributed by atoms with van der Waals surface area (Å²) in [5, 5.41) is 0. The summed E-state index contributed by atoms with van der Waals surface area (Å²) in [6, 6.07) is 0.804. The Morgan fingerprint density at radius 3 is 1.50 bits per heavy atom. The van der Waals surface area contributed by atoms with E-state index in [4.69, 9.17) is 0 Å². The first kappa shape index (κ1) is 28.0. The molecule has 0 aromatic rings. The zero-order valence-electron chi connectivity index (χ0n) is 20.5. The van der Waals surface area contributed by atoms with Gasteiger partial charge in [0.25, 0.3) is 0 Å². The summed E-state index contributed by atoms with van der Waals surface area (Å²) < 4.78 is 0. The zero-order chi connectivity index (χ0) is 20.9. The van der Waals surface area contributed by atoms with Gasteiger partial charge in [-0.15, -0.1) is 0 Å². The predicted octanol–water partition coefficient (Wildman–Crippen LogP) is 9.21. The van der Waals surface area contributed by atoms with E-state index >= 15 is 0 Å². The molecule has 0 aliphatic rings. The summed E-state index contributed by atoms with van der Waals surface area (Å²) in [6.07, 6.45) is 25.0. The van der Waals surface area contributed by atoms with Gasteiger partial charge in [-0.3, -0.25) is 0 Å². The second kappa shape index (κ2) is 21.7. The maximum absolute atomic E-state index is 4.46. The van der Waals surface area contributed by atoms with Crippen LogP contribution in [0.2, 0.25) is 0 Å². The van der Waals surface area contributed by atoms with E-state index in [1.54, 1.807) is 0 Å². The molecule has 0 aliphatic heterocycles. The third-order valence-corrected chi connectivity index (χ3v) is 6.45. The summed E-state index contributed by atoms with van der Waals surface area (Å²) in [6.45, 7) is 16.4. The van der Waals surface area contributed by atoms with E-state index < -0.39 is 0 Å². The average Bonchev–Trinajstić information content (AvgIpc) is 2.70. The lowest BCUT2D eigenvalue weighted by atomic mass is 9.94. The molecule has 1 radical (unpaired) electrons. The van der Waals surface area contributed by atoms with Gasteiger partial charge in [-0.1, -0.05) is 125 Å². The minimum absolute atomic E-state index is 0.682. The maximum atomic E-state index is 4.46. The molecule has 0 spiro atoms. The van der Waals surface area contributed by atoms with Crippen molar-refractivity contribution in [3.63, 3.8) is 0 Å². The minimum atomic E-state index is 0.682. The molecule has 1 heteroatoms. The molecule has 1 nitrogen and oxygen atoms in total. The molecule has 28 heavy (non-hydrogen) atoms. The first-order valence-electron chi connectivity index (χ1n) is 13.3. The fraction of sp³-hybridized carbons (Fsp3) is 0.963. The average molecular weight is 395 g/mol. The minimum Gasteiger partial charge on any atom is -0.300 e. The molecule has 2 atom stereocenters. The summed E-state index contributed by atoms with van der Waals surface area (Å²) in [7, 11) is 0. The van der Waals surface area contributed by atoms with Gasteiger partial charge in [0.1, 0.15) is 0 Å².